The highest BCUT2D eigenvalue weighted by molar-refractivity contribution is 7.90. The summed E-state index contributed by atoms with van der Waals surface area (Å²) in [7, 11) is -3.86. The summed E-state index contributed by atoms with van der Waals surface area (Å²) in [5.74, 6) is -0.499. The number of nitrogens with zero attached hydrogens (tertiary/aromatic N) is 2. The molecule has 0 aliphatic heterocycles. The lowest BCUT2D eigenvalue weighted by Crippen LogP contribution is -2.24. The van der Waals surface area contributed by atoms with Crippen LogP contribution in [0.4, 0.5) is 5.69 Å². The van der Waals surface area contributed by atoms with Crippen molar-refractivity contribution in [2.75, 3.05) is 0 Å². The van der Waals surface area contributed by atoms with Crippen molar-refractivity contribution in [2.45, 2.75) is 11.8 Å². The van der Waals surface area contributed by atoms with Crippen molar-refractivity contribution in [3.05, 3.63) is 59.7 Å². The van der Waals surface area contributed by atoms with Gasteiger partial charge in [-0.2, -0.15) is 8.42 Å². The number of guanidine groups is 1. The predicted octanol–water partition coefficient (Wildman–Crippen LogP) is 1.71. The van der Waals surface area contributed by atoms with Crippen molar-refractivity contribution in [1.82, 2.24) is 0 Å². The third-order valence-corrected chi connectivity index (χ3v) is 4.08. The third-order valence-electron chi connectivity index (χ3n) is 2.76. The van der Waals surface area contributed by atoms with Crippen molar-refractivity contribution in [3.8, 4) is 0 Å². The molecular weight excluding hydrogens is 300 g/mol. The molecule has 0 bridgehead atoms. The van der Waals surface area contributed by atoms with Crippen LogP contribution in [-0.2, 0) is 10.0 Å². The van der Waals surface area contributed by atoms with Gasteiger partial charge in [0.1, 0.15) is 0 Å². The largest absolute Gasteiger partial charge is 0.369 e. The highest BCUT2D eigenvalue weighted by atomic mass is 32.2. The summed E-state index contributed by atoms with van der Waals surface area (Å²) in [6.07, 6.45) is 1.71. The quantitative estimate of drug-likeness (QED) is 0.660. The summed E-state index contributed by atoms with van der Waals surface area (Å²) in [4.78, 5) is 4.31. The molecule has 0 saturated heterocycles. The third kappa shape index (κ3) is 4.16. The van der Waals surface area contributed by atoms with Crippen LogP contribution in [0.2, 0.25) is 0 Å². The first-order valence-corrected chi connectivity index (χ1v) is 7.87. The van der Waals surface area contributed by atoms with Gasteiger partial charge in [0.05, 0.1) is 10.6 Å². The Balaban J connectivity index is 2.21. The van der Waals surface area contributed by atoms with Crippen LogP contribution in [0.25, 0.3) is 0 Å². The molecule has 0 amide bonds. The van der Waals surface area contributed by atoms with Crippen LogP contribution < -0.4 is 11.5 Å². The van der Waals surface area contributed by atoms with E-state index in [1.807, 2.05) is 31.2 Å². The molecule has 22 heavy (non-hydrogen) atoms. The molecule has 0 aliphatic rings. The Morgan fingerprint density at radius 3 is 2.36 bits per heavy atom. The van der Waals surface area contributed by atoms with Crippen molar-refractivity contribution >= 4 is 27.9 Å². The normalized spacial score (nSPS) is 11.5. The summed E-state index contributed by atoms with van der Waals surface area (Å²) in [6, 6.07) is 13.9. The first-order chi connectivity index (χ1) is 10.4. The van der Waals surface area contributed by atoms with Gasteiger partial charge in [0, 0.05) is 6.21 Å². The topological polar surface area (TPSA) is 111 Å². The van der Waals surface area contributed by atoms with Crippen LogP contribution in [0, 0.1) is 6.92 Å². The molecule has 0 fully saturated rings. The van der Waals surface area contributed by atoms with E-state index in [1.165, 1.54) is 12.1 Å². The van der Waals surface area contributed by atoms with Crippen molar-refractivity contribution in [3.63, 3.8) is 0 Å². The molecule has 4 N–H and O–H groups in total. The smallest absolute Gasteiger partial charge is 0.285 e. The zero-order valence-electron chi connectivity index (χ0n) is 12.0. The van der Waals surface area contributed by atoms with Crippen molar-refractivity contribution in [2.24, 2.45) is 20.9 Å². The number of benzene rings is 2. The second-order valence-corrected chi connectivity index (χ2v) is 6.26. The molecule has 0 heterocycles. The average molecular weight is 316 g/mol. The second-order valence-electron chi connectivity index (χ2n) is 4.66. The fourth-order valence-electron chi connectivity index (χ4n) is 1.80. The molecule has 0 radical (unpaired) electrons. The summed E-state index contributed by atoms with van der Waals surface area (Å²) < 4.78 is 26.8. The molecule has 0 spiro atoms. The van der Waals surface area contributed by atoms with E-state index in [1.54, 1.807) is 18.3 Å². The van der Waals surface area contributed by atoms with E-state index in [9.17, 15) is 8.42 Å². The van der Waals surface area contributed by atoms with Gasteiger partial charge in [-0.05, 0) is 36.8 Å². The van der Waals surface area contributed by atoms with Crippen molar-refractivity contribution < 1.29 is 8.42 Å². The van der Waals surface area contributed by atoms with Crippen LogP contribution in [0.3, 0.4) is 0 Å². The highest BCUT2D eigenvalue weighted by Crippen LogP contribution is 2.18. The molecule has 0 unspecified atom stereocenters. The standard InChI is InChI=1S/C15H16N4O2S/c1-11-3-2-4-12(9-11)10-18-13-5-7-14(8-6-13)22(20,21)19-15(16)17/h2-10H,1H3,(H4,16,17,19). The minimum atomic E-state index is -3.86. The van der Waals surface area contributed by atoms with Crippen LogP contribution >= 0.6 is 0 Å². The molecule has 2 rings (SSSR count). The summed E-state index contributed by atoms with van der Waals surface area (Å²) in [5, 5.41) is 0. The SMILES string of the molecule is Cc1cccc(C=Nc2ccc(S(=O)(=O)N=C(N)N)cc2)c1. The van der Waals surface area contributed by atoms with Gasteiger partial charge in [-0.1, -0.05) is 29.8 Å². The first-order valence-electron chi connectivity index (χ1n) is 6.43. The van der Waals surface area contributed by atoms with Crippen LogP contribution in [-0.4, -0.2) is 20.6 Å². The fourth-order valence-corrected chi connectivity index (χ4v) is 2.66. The molecule has 0 aromatic heterocycles. The Labute approximate surface area is 129 Å². The van der Waals surface area contributed by atoms with Gasteiger partial charge in [0.25, 0.3) is 10.0 Å². The van der Waals surface area contributed by atoms with Gasteiger partial charge in [0.2, 0.25) is 5.96 Å². The minimum absolute atomic E-state index is 0.00963. The van der Waals surface area contributed by atoms with Gasteiger partial charge in [-0.15, -0.1) is 4.40 Å². The zero-order valence-corrected chi connectivity index (χ0v) is 12.8. The predicted molar refractivity (Wildman–Crippen MR) is 87.9 cm³/mol. The van der Waals surface area contributed by atoms with Gasteiger partial charge in [-0.25, -0.2) is 0 Å². The molecular formula is C15H16N4O2S. The number of aryl methyl sites for hydroxylation is 1. The van der Waals surface area contributed by atoms with Gasteiger partial charge >= 0.3 is 0 Å². The van der Waals surface area contributed by atoms with Crippen LogP contribution in [0.15, 0.2) is 62.8 Å². The van der Waals surface area contributed by atoms with E-state index in [0.717, 1.165) is 11.1 Å². The number of rotatable bonds is 4. The molecule has 0 atom stereocenters. The van der Waals surface area contributed by atoms with Crippen molar-refractivity contribution in [1.29, 1.82) is 0 Å². The maximum absolute atomic E-state index is 11.8. The van der Waals surface area contributed by atoms with Crippen LogP contribution in [0.1, 0.15) is 11.1 Å². The minimum Gasteiger partial charge on any atom is -0.369 e. The number of hydrogen-bond acceptors (Lipinski definition) is 3. The summed E-state index contributed by atoms with van der Waals surface area (Å²) in [5.41, 5.74) is 12.9. The van der Waals surface area contributed by atoms with E-state index in [2.05, 4.69) is 9.39 Å². The van der Waals surface area contributed by atoms with E-state index >= 15 is 0 Å². The molecule has 2 aromatic carbocycles. The lowest BCUT2D eigenvalue weighted by molar-refractivity contribution is 0.598. The lowest BCUT2D eigenvalue weighted by Gasteiger charge is -2.00. The molecule has 0 saturated carbocycles. The Morgan fingerprint density at radius 1 is 1.09 bits per heavy atom. The molecule has 2 aromatic rings. The first kappa shape index (κ1) is 15.7. The Kier molecular flexibility index (Phi) is 4.57. The van der Waals surface area contributed by atoms with E-state index < -0.39 is 16.0 Å². The van der Waals surface area contributed by atoms with Gasteiger partial charge in [0.15, 0.2) is 0 Å². The Morgan fingerprint density at radius 2 is 1.77 bits per heavy atom. The zero-order chi connectivity index (χ0) is 16.2. The molecule has 0 aliphatic carbocycles. The Bertz CT molecular complexity index is 821. The van der Waals surface area contributed by atoms with Crippen LogP contribution in [0.5, 0.6) is 0 Å². The second kappa shape index (κ2) is 6.40. The number of hydrogen-bond donors (Lipinski definition) is 2. The van der Waals surface area contributed by atoms with Gasteiger partial charge in [-0.3, -0.25) is 4.99 Å². The summed E-state index contributed by atoms with van der Waals surface area (Å²) >= 11 is 0. The van der Waals surface area contributed by atoms with E-state index in [0.29, 0.717) is 5.69 Å². The van der Waals surface area contributed by atoms with E-state index in [-0.39, 0.29) is 4.90 Å². The fraction of sp³-hybridized carbons (Fsp3) is 0.0667. The van der Waals surface area contributed by atoms with E-state index in [4.69, 9.17) is 11.5 Å². The number of aliphatic imine (C=N–C) groups is 1. The van der Waals surface area contributed by atoms with Gasteiger partial charge < -0.3 is 11.5 Å². The maximum Gasteiger partial charge on any atom is 0.285 e. The highest BCUT2D eigenvalue weighted by Gasteiger charge is 2.12. The molecule has 7 heteroatoms. The monoisotopic (exact) mass is 316 g/mol. The molecule has 6 nitrogen and oxygen atoms in total. The Hall–Kier alpha value is -2.67. The number of nitrogens with two attached hydrogens (primary N) is 2. The maximum atomic E-state index is 11.8. The lowest BCUT2D eigenvalue weighted by atomic mass is 10.1. The molecule has 114 valence electrons. The average Bonchev–Trinajstić information content (AvgIpc) is 2.44. The summed E-state index contributed by atoms with van der Waals surface area (Å²) in [6.45, 7) is 2.00. The number of sulfonamides is 1.